The van der Waals surface area contributed by atoms with Crippen molar-refractivity contribution in [2.45, 2.75) is 37.8 Å². The van der Waals surface area contributed by atoms with Crippen LogP contribution >= 0.6 is 0 Å². The number of rotatable bonds is 7. The lowest BCUT2D eigenvalue weighted by Gasteiger charge is -2.10. The molecule has 0 spiro atoms. The molecule has 3 heteroatoms. The van der Waals surface area contributed by atoms with Crippen LogP contribution in [0.25, 0.3) is 0 Å². The SMILES string of the molecule is C=CCC(N)CCCC(O)CN. The van der Waals surface area contributed by atoms with Crippen molar-refractivity contribution in [3.8, 4) is 0 Å². The Morgan fingerprint density at radius 3 is 2.58 bits per heavy atom. The average molecular weight is 172 g/mol. The maximum Gasteiger partial charge on any atom is 0.0662 e. The Labute approximate surface area is 74.4 Å². The monoisotopic (exact) mass is 172 g/mol. The van der Waals surface area contributed by atoms with Crippen LogP contribution in [0.15, 0.2) is 12.7 Å². The van der Waals surface area contributed by atoms with Crippen molar-refractivity contribution < 1.29 is 5.11 Å². The van der Waals surface area contributed by atoms with Crippen LogP contribution in [0.5, 0.6) is 0 Å². The Morgan fingerprint density at radius 1 is 1.42 bits per heavy atom. The lowest BCUT2D eigenvalue weighted by atomic mass is 10.1. The van der Waals surface area contributed by atoms with Crippen molar-refractivity contribution in [2.75, 3.05) is 6.54 Å². The van der Waals surface area contributed by atoms with Crippen LogP contribution in [0.2, 0.25) is 0 Å². The van der Waals surface area contributed by atoms with E-state index >= 15 is 0 Å². The quantitative estimate of drug-likeness (QED) is 0.486. The van der Waals surface area contributed by atoms with Gasteiger partial charge in [-0.25, -0.2) is 0 Å². The molecule has 72 valence electrons. The number of nitrogens with two attached hydrogens (primary N) is 2. The molecule has 0 fully saturated rings. The van der Waals surface area contributed by atoms with Crippen LogP contribution < -0.4 is 11.5 Å². The largest absolute Gasteiger partial charge is 0.392 e. The van der Waals surface area contributed by atoms with Crippen molar-refractivity contribution in [3.05, 3.63) is 12.7 Å². The first kappa shape index (κ1) is 11.6. The Bertz CT molecular complexity index is 117. The molecule has 0 aromatic carbocycles. The second-order valence-corrected chi connectivity index (χ2v) is 3.10. The maximum atomic E-state index is 9.11. The van der Waals surface area contributed by atoms with Gasteiger partial charge in [-0.05, 0) is 25.7 Å². The lowest BCUT2D eigenvalue weighted by Crippen LogP contribution is -2.22. The van der Waals surface area contributed by atoms with Crippen LogP contribution in [0.4, 0.5) is 0 Å². The van der Waals surface area contributed by atoms with Gasteiger partial charge in [0.1, 0.15) is 0 Å². The van der Waals surface area contributed by atoms with Crippen molar-refractivity contribution in [1.29, 1.82) is 0 Å². The zero-order valence-corrected chi connectivity index (χ0v) is 7.58. The smallest absolute Gasteiger partial charge is 0.0662 e. The van der Waals surface area contributed by atoms with Gasteiger partial charge in [0.25, 0.3) is 0 Å². The molecule has 0 aromatic heterocycles. The van der Waals surface area contributed by atoms with Gasteiger partial charge in [0.15, 0.2) is 0 Å². The van der Waals surface area contributed by atoms with Crippen LogP contribution in [0, 0.1) is 0 Å². The van der Waals surface area contributed by atoms with Crippen LogP contribution in [-0.2, 0) is 0 Å². The van der Waals surface area contributed by atoms with Crippen molar-refractivity contribution >= 4 is 0 Å². The van der Waals surface area contributed by atoms with Gasteiger partial charge < -0.3 is 16.6 Å². The normalized spacial score (nSPS) is 15.6. The molecule has 0 bridgehead atoms. The van der Waals surface area contributed by atoms with E-state index in [1.165, 1.54) is 0 Å². The van der Waals surface area contributed by atoms with E-state index in [4.69, 9.17) is 16.6 Å². The van der Waals surface area contributed by atoms with E-state index in [1.807, 2.05) is 6.08 Å². The number of aliphatic hydroxyl groups is 1. The minimum Gasteiger partial charge on any atom is -0.392 e. The molecule has 0 rings (SSSR count). The zero-order valence-electron chi connectivity index (χ0n) is 7.58. The molecule has 3 nitrogen and oxygen atoms in total. The third-order valence-electron chi connectivity index (χ3n) is 1.85. The van der Waals surface area contributed by atoms with Gasteiger partial charge in [-0.3, -0.25) is 0 Å². The molecule has 0 aromatic rings. The van der Waals surface area contributed by atoms with E-state index in [1.54, 1.807) is 0 Å². The van der Waals surface area contributed by atoms with Crippen molar-refractivity contribution in [2.24, 2.45) is 11.5 Å². The number of hydrogen-bond donors (Lipinski definition) is 3. The molecule has 12 heavy (non-hydrogen) atoms. The van der Waals surface area contributed by atoms with Gasteiger partial charge in [0.2, 0.25) is 0 Å². The Morgan fingerprint density at radius 2 is 2.08 bits per heavy atom. The highest BCUT2D eigenvalue weighted by Gasteiger charge is 2.03. The van der Waals surface area contributed by atoms with Gasteiger partial charge >= 0.3 is 0 Å². The Hall–Kier alpha value is -0.380. The lowest BCUT2D eigenvalue weighted by molar-refractivity contribution is 0.168. The second kappa shape index (κ2) is 7.28. The van der Waals surface area contributed by atoms with Gasteiger partial charge in [0, 0.05) is 12.6 Å². The molecule has 0 aliphatic rings. The summed E-state index contributed by atoms with van der Waals surface area (Å²) in [5, 5.41) is 9.11. The van der Waals surface area contributed by atoms with E-state index in [0.717, 1.165) is 25.7 Å². The molecular weight excluding hydrogens is 152 g/mol. The van der Waals surface area contributed by atoms with Crippen molar-refractivity contribution in [1.82, 2.24) is 0 Å². The van der Waals surface area contributed by atoms with E-state index in [0.29, 0.717) is 6.54 Å². The fourth-order valence-corrected chi connectivity index (χ4v) is 1.07. The van der Waals surface area contributed by atoms with Gasteiger partial charge in [0.05, 0.1) is 6.10 Å². The molecule has 0 saturated heterocycles. The highest BCUT2D eigenvalue weighted by atomic mass is 16.3. The highest BCUT2D eigenvalue weighted by Crippen LogP contribution is 2.04. The van der Waals surface area contributed by atoms with Crippen LogP contribution in [0.1, 0.15) is 25.7 Å². The number of aliphatic hydroxyl groups excluding tert-OH is 1. The Kier molecular flexibility index (Phi) is 7.05. The van der Waals surface area contributed by atoms with Gasteiger partial charge in [-0.1, -0.05) is 6.08 Å². The topological polar surface area (TPSA) is 72.3 Å². The van der Waals surface area contributed by atoms with Gasteiger partial charge in [-0.2, -0.15) is 0 Å². The first-order chi connectivity index (χ1) is 5.70. The average Bonchev–Trinajstić information content (AvgIpc) is 2.04. The fraction of sp³-hybridized carbons (Fsp3) is 0.778. The summed E-state index contributed by atoms with van der Waals surface area (Å²) in [4.78, 5) is 0. The summed E-state index contributed by atoms with van der Waals surface area (Å²) >= 11 is 0. The molecule has 5 N–H and O–H groups in total. The summed E-state index contributed by atoms with van der Waals surface area (Å²) in [6, 6.07) is 0.187. The maximum absolute atomic E-state index is 9.11. The van der Waals surface area contributed by atoms with E-state index in [-0.39, 0.29) is 12.1 Å². The van der Waals surface area contributed by atoms with E-state index in [2.05, 4.69) is 6.58 Å². The molecule has 0 saturated carbocycles. The van der Waals surface area contributed by atoms with E-state index < -0.39 is 0 Å². The summed E-state index contributed by atoms with van der Waals surface area (Å²) in [6.45, 7) is 3.95. The number of hydrogen-bond acceptors (Lipinski definition) is 3. The Balaban J connectivity index is 3.23. The summed E-state index contributed by atoms with van der Waals surface area (Å²) in [7, 11) is 0. The summed E-state index contributed by atoms with van der Waals surface area (Å²) in [6.07, 6.45) is 4.93. The molecule has 2 unspecified atom stereocenters. The first-order valence-electron chi connectivity index (χ1n) is 4.45. The summed E-state index contributed by atoms with van der Waals surface area (Å²) < 4.78 is 0. The minimum atomic E-state index is -0.360. The molecular formula is C9H20N2O. The zero-order chi connectivity index (χ0) is 9.40. The minimum absolute atomic E-state index is 0.187. The molecule has 0 heterocycles. The fourth-order valence-electron chi connectivity index (χ4n) is 1.07. The predicted molar refractivity (Wildman–Crippen MR) is 51.7 cm³/mol. The molecule has 2 atom stereocenters. The second-order valence-electron chi connectivity index (χ2n) is 3.10. The molecule has 0 radical (unpaired) electrons. The predicted octanol–water partition coefficient (Wildman–Crippen LogP) is 0.380. The highest BCUT2D eigenvalue weighted by molar-refractivity contribution is 4.75. The van der Waals surface area contributed by atoms with Crippen molar-refractivity contribution in [3.63, 3.8) is 0 Å². The van der Waals surface area contributed by atoms with Crippen LogP contribution in [-0.4, -0.2) is 23.8 Å². The standard InChI is InChI=1S/C9H20N2O/c1-2-4-8(11)5-3-6-9(12)7-10/h2,8-9,12H,1,3-7,10-11H2. The first-order valence-corrected chi connectivity index (χ1v) is 4.45. The van der Waals surface area contributed by atoms with Crippen LogP contribution in [0.3, 0.4) is 0 Å². The third-order valence-corrected chi connectivity index (χ3v) is 1.85. The third kappa shape index (κ3) is 6.34. The molecule has 0 aliphatic carbocycles. The summed E-state index contributed by atoms with van der Waals surface area (Å²) in [5.74, 6) is 0. The van der Waals surface area contributed by atoms with Gasteiger partial charge in [-0.15, -0.1) is 6.58 Å². The summed E-state index contributed by atoms with van der Waals surface area (Å²) in [5.41, 5.74) is 11.0. The van der Waals surface area contributed by atoms with E-state index in [9.17, 15) is 0 Å². The molecule has 0 aliphatic heterocycles. The molecule has 0 amide bonds.